The summed E-state index contributed by atoms with van der Waals surface area (Å²) in [5, 5.41) is 9.37. The van der Waals surface area contributed by atoms with Crippen LogP contribution in [-0.4, -0.2) is 39.2 Å². The third kappa shape index (κ3) is 3.08. The van der Waals surface area contributed by atoms with Gasteiger partial charge in [0.05, 0.1) is 5.69 Å². The number of benzene rings is 1. The Hall–Kier alpha value is -2.70. The van der Waals surface area contributed by atoms with Crippen LogP contribution >= 0.6 is 0 Å². The van der Waals surface area contributed by atoms with Crippen molar-refractivity contribution in [2.45, 2.75) is 51.4 Å². The van der Waals surface area contributed by atoms with E-state index in [2.05, 4.69) is 29.1 Å². The van der Waals surface area contributed by atoms with Crippen molar-refractivity contribution < 1.29 is 13.8 Å². The van der Waals surface area contributed by atoms with Crippen molar-refractivity contribution in [2.24, 2.45) is 5.92 Å². The van der Waals surface area contributed by atoms with Gasteiger partial charge >= 0.3 is 0 Å². The van der Waals surface area contributed by atoms with Crippen LogP contribution in [0, 0.1) is 5.92 Å². The summed E-state index contributed by atoms with van der Waals surface area (Å²) in [6.07, 6.45) is 3.87. The molecule has 1 amide bonds. The van der Waals surface area contributed by atoms with Gasteiger partial charge in [0, 0.05) is 35.9 Å². The third-order valence-electron chi connectivity index (χ3n) is 5.83. The predicted molar refractivity (Wildman–Crippen MR) is 103 cm³/mol. The number of nitrogens with zero attached hydrogens (tertiary/aromatic N) is 4. The first-order valence-corrected chi connectivity index (χ1v) is 10.1. The zero-order chi connectivity index (χ0) is 19.3. The molecule has 0 N–H and O–H groups in total. The maximum atomic E-state index is 12.2. The smallest absolute Gasteiger partial charge is 0.230 e. The topological polar surface area (TPSA) is 85.3 Å². The van der Waals surface area contributed by atoms with Crippen LogP contribution in [0.25, 0.3) is 22.4 Å². The zero-order valence-electron chi connectivity index (χ0n) is 16.2. The van der Waals surface area contributed by atoms with Crippen LogP contribution < -0.4 is 0 Å². The van der Waals surface area contributed by atoms with Crippen molar-refractivity contribution in [3.8, 4) is 11.4 Å². The van der Waals surface area contributed by atoms with Crippen LogP contribution in [0.4, 0.5) is 0 Å². The summed E-state index contributed by atoms with van der Waals surface area (Å²) in [7, 11) is 0. The highest BCUT2D eigenvalue weighted by Crippen LogP contribution is 2.35. The van der Waals surface area contributed by atoms with Crippen molar-refractivity contribution in [1.82, 2.24) is 20.2 Å². The maximum absolute atomic E-state index is 12.2. The van der Waals surface area contributed by atoms with Crippen LogP contribution in [0.15, 0.2) is 27.2 Å². The van der Waals surface area contributed by atoms with E-state index in [0.717, 1.165) is 61.0 Å². The number of carbonyl (C=O) groups is 1. The van der Waals surface area contributed by atoms with Gasteiger partial charge in [-0.05, 0) is 49.8 Å². The minimum absolute atomic E-state index is 0.218. The van der Waals surface area contributed by atoms with Gasteiger partial charge in [-0.1, -0.05) is 24.2 Å². The summed E-state index contributed by atoms with van der Waals surface area (Å²) >= 11 is 0. The van der Waals surface area contributed by atoms with Gasteiger partial charge in [-0.15, -0.1) is 0 Å². The fourth-order valence-corrected chi connectivity index (χ4v) is 3.97. The largest absolute Gasteiger partial charge is 0.356 e. The molecule has 0 unspecified atom stereocenters. The fraction of sp³-hybridized carbons (Fsp3) is 0.524. The van der Waals surface area contributed by atoms with E-state index in [4.69, 9.17) is 9.05 Å². The molecular weight excluding hydrogens is 356 g/mol. The summed E-state index contributed by atoms with van der Waals surface area (Å²) in [4.78, 5) is 18.9. The third-order valence-corrected chi connectivity index (χ3v) is 5.83. The molecule has 7 heteroatoms. The second-order valence-corrected chi connectivity index (χ2v) is 8.26. The number of carbonyl (C=O) groups excluding carboxylic acids is 1. The van der Waals surface area contributed by atoms with E-state index in [1.807, 2.05) is 23.1 Å². The Morgan fingerprint density at radius 1 is 1.11 bits per heavy atom. The van der Waals surface area contributed by atoms with Crippen molar-refractivity contribution in [1.29, 1.82) is 0 Å². The molecule has 146 valence electrons. The van der Waals surface area contributed by atoms with E-state index in [9.17, 15) is 4.79 Å². The molecule has 7 nitrogen and oxygen atoms in total. The molecular formula is C21H24N4O3. The van der Waals surface area contributed by atoms with Crippen molar-refractivity contribution in [2.75, 3.05) is 13.1 Å². The first-order chi connectivity index (χ1) is 13.6. The Bertz CT molecular complexity index is 1010. The maximum Gasteiger partial charge on any atom is 0.230 e. The van der Waals surface area contributed by atoms with E-state index in [1.54, 1.807) is 0 Å². The number of aromatic nitrogens is 3. The standard InChI is InChI=1S/C21H24N4O3/c1-12(2)18-16-11-15(5-6-17(16)27-23-18)19-22-20(28-24-19)13-7-9-25(10-8-13)21(26)14-3-4-14/h5-6,11-14H,3-4,7-10H2,1-2H3. The number of hydrogen-bond donors (Lipinski definition) is 0. The van der Waals surface area contributed by atoms with Gasteiger partial charge in [0.1, 0.15) is 0 Å². The molecule has 0 atom stereocenters. The molecule has 1 saturated carbocycles. The summed E-state index contributed by atoms with van der Waals surface area (Å²) in [6.45, 7) is 5.75. The van der Waals surface area contributed by atoms with Crippen LogP contribution in [0.2, 0.25) is 0 Å². The lowest BCUT2D eigenvalue weighted by Gasteiger charge is -2.30. The Morgan fingerprint density at radius 3 is 2.61 bits per heavy atom. The highest BCUT2D eigenvalue weighted by atomic mass is 16.5. The number of piperidine rings is 1. The van der Waals surface area contributed by atoms with E-state index < -0.39 is 0 Å². The van der Waals surface area contributed by atoms with Gasteiger partial charge < -0.3 is 13.9 Å². The number of likely N-dealkylation sites (tertiary alicyclic amines) is 1. The van der Waals surface area contributed by atoms with E-state index in [0.29, 0.717) is 17.6 Å². The summed E-state index contributed by atoms with van der Waals surface area (Å²) in [6, 6.07) is 5.86. The van der Waals surface area contributed by atoms with Crippen LogP contribution in [0.3, 0.4) is 0 Å². The minimum Gasteiger partial charge on any atom is -0.356 e. The summed E-state index contributed by atoms with van der Waals surface area (Å²) < 4.78 is 11.0. The second-order valence-electron chi connectivity index (χ2n) is 8.26. The molecule has 1 aliphatic carbocycles. The minimum atomic E-state index is 0.218. The summed E-state index contributed by atoms with van der Waals surface area (Å²) in [5.41, 5.74) is 2.60. The molecule has 2 fully saturated rings. The molecule has 28 heavy (non-hydrogen) atoms. The van der Waals surface area contributed by atoms with Gasteiger partial charge in [-0.3, -0.25) is 4.79 Å². The summed E-state index contributed by atoms with van der Waals surface area (Å²) in [5.74, 6) is 2.37. The van der Waals surface area contributed by atoms with Crippen LogP contribution in [0.1, 0.15) is 63.0 Å². The Kier molecular flexibility index (Phi) is 4.18. The average Bonchev–Trinajstić information content (AvgIpc) is 3.28. The van der Waals surface area contributed by atoms with Gasteiger partial charge in [-0.25, -0.2) is 0 Å². The molecule has 2 aromatic heterocycles. The quantitative estimate of drug-likeness (QED) is 0.677. The van der Waals surface area contributed by atoms with E-state index >= 15 is 0 Å². The fourth-order valence-electron chi connectivity index (χ4n) is 3.97. The van der Waals surface area contributed by atoms with Crippen LogP contribution in [-0.2, 0) is 4.79 Å². The average molecular weight is 380 g/mol. The van der Waals surface area contributed by atoms with E-state index in [1.165, 1.54) is 0 Å². The molecule has 1 aromatic carbocycles. The number of rotatable bonds is 4. The molecule has 0 radical (unpaired) electrons. The molecule has 0 bridgehead atoms. The lowest BCUT2D eigenvalue weighted by Crippen LogP contribution is -2.38. The number of hydrogen-bond acceptors (Lipinski definition) is 6. The normalized spacial score (nSPS) is 18.3. The van der Waals surface area contributed by atoms with Crippen molar-refractivity contribution in [3.05, 3.63) is 29.8 Å². The monoisotopic (exact) mass is 380 g/mol. The predicted octanol–water partition coefficient (Wildman–Crippen LogP) is 4.12. The first-order valence-electron chi connectivity index (χ1n) is 10.1. The molecule has 0 spiro atoms. The Morgan fingerprint density at radius 2 is 1.89 bits per heavy atom. The highest BCUT2D eigenvalue weighted by molar-refractivity contribution is 5.84. The molecule has 3 heterocycles. The van der Waals surface area contributed by atoms with Crippen molar-refractivity contribution >= 4 is 16.9 Å². The molecule has 1 saturated heterocycles. The highest BCUT2D eigenvalue weighted by Gasteiger charge is 2.36. The van der Waals surface area contributed by atoms with Gasteiger partial charge in [0.15, 0.2) is 5.58 Å². The number of fused-ring (bicyclic) bond motifs is 1. The second kappa shape index (κ2) is 6.72. The van der Waals surface area contributed by atoms with Gasteiger partial charge in [0.25, 0.3) is 0 Å². The Balaban J connectivity index is 1.33. The molecule has 1 aliphatic heterocycles. The lowest BCUT2D eigenvalue weighted by atomic mass is 9.96. The molecule has 5 rings (SSSR count). The van der Waals surface area contributed by atoms with Crippen LogP contribution in [0.5, 0.6) is 0 Å². The van der Waals surface area contributed by atoms with Crippen molar-refractivity contribution in [3.63, 3.8) is 0 Å². The lowest BCUT2D eigenvalue weighted by molar-refractivity contribution is -0.133. The SMILES string of the molecule is CC(C)c1noc2ccc(-c3noc(C4CCN(C(=O)C5CC5)CC4)n3)cc12. The first kappa shape index (κ1) is 17.4. The molecule has 3 aromatic rings. The Labute approximate surface area is 163 Å². The number of amides is 1. The molecule has 2 aliphatic rings. The van der Waals surface area contributed by atoms with Gasteiger partial charge in [-0.2, -0.15) is 4.98 Å². The van der Waals surface area contributed by atoms with E-state index in [-0.39, 0.29) is 17.8 Å². The van der Waals surface area contributed by atoms with Gasteiger partial charge in [0.2, 0.25) is 17.6 Å². The zero-order valence-corrected chi connectivity index (χ0v) is 16.2.